The first-order valence-corrected chi connectivity index (χ1v) is 11.9. The number of likely N-dealkylation sites (tertiary alicyclic amines) is 1. The van der Waals surface area contributed by atoms with Gasteiger partial charge in [0.05, 0.1) is 24.0 Å². The number of fused-ring (bicyclic) bond motifs is 1. The number of alkyl halides is 3. The Bertz CT molecular complexity index is 1200. The number of amides is 2. The summed E-state index contributed by atoms with van der Waals surface area (Å²) < 4.78 is 41.0. The second-order valence-corrected chi connectivity index (χ2v) is 9.48. The summed E-state index contributed by atoms with van der Waals surface area (Å²) in [5.74, 6) is 0.305. The van der Waals surface area contributed by atoms with E-state index in [1.54, 1.807) is 28.9 Å². The lowest BCUT2D eigenvalue weighted by Crippen LogP contribution is -2.43. The number of nitrogens with zero attached hydrogens (tertiary/aromatic N) is 3. The van der Waals surface area contributed by atoms with Gasteiger partial charge in [0.15, 0.2) is 0 Å². The molecule has 1 aliphatic heterocycles. The van der Waals surface area contributed by atoms with Crippen molar-refractivity contribution in [3.8, 4) is 5.69 Å². The molecule has 1 fully saturated rings. The molecule has 6 nitrogen and oxygen atoms in total. The molecule has 2 heterocycles. The number of nitrogens with one attached hydrogen (secondary N) is 2. The van der Waals surface area contributed by atoms with Crippen LogP contribution in [0.3, 0.4) is 0 Å². The van der Waals surface area contributed by atoms with Gasteiger partial charge in [-0.05, 0) is 49.1 Å². The van der Waals surface area contributed by atoms with Crippen molar-refractivity contribution in [3.05, 3.63) is 76.4 Å². The van der Waals surface area contributed by atoms with Crippen molar-refractivity contribution >= 4 is 23.4 Å². The first-order chi connectivity index (χ1) is 16.8. The summed E-state index contributed by atoms with van der Waals surface area (Å²) in [7, 11) is 0. The van der Waals surface area contributed by atoms with Crippen LogP contribution >= 0.6 is 11.6 Å². The number of halogens is 4. The van der Waals surface area contributed by atoms with Gasteiger partial charge in [0.25, 0.3) is 0 Å². The molecule has 0 bridgehead atoms. The van der Waals surface area contributed by atoms with E-state index in [1.165, 1.54) is 4.90 Å². The second-order valence-electron chi connectivity index (χ2n) is 9.05. The normalized spacial score (nSPS) is 20.1. The number of anilines is 1. The standard InChI is InChI=1S/C25H25ClF3N5O/c26-17-11-9-16(10-12-17)20-13-33(15-25(27,28)29)14-22(20)30-24(35)31-23-19-7-4-8-21(19)32-34(23)18-5-2-1-3-6-18/h1-3,5-6,9-12,20,22H,4,7-8,13-15H2,(H2,30,31,35)/t20-,22+/m0/s1. The zero-order valence-electron chi connectivity index (χ0n) is 18.9. The number of carbonyl (C=O) groups is 1. The number of hydrogen-bond acceptors (Lipinski definition) is 3. The van der Waals surface area contributed by atoms with Crippen LogP contribution in [0.1, 0.15) is 29.2 Å². The number of carbonyl (C=O) groups excluding carboxylic acids is 1. The number of aryl methyl sites for hydroxylation is 1. The van der Waals surface area contributed by atoms with Gasteiger partial charge in [0, 0.05) is 29.6 Å². The Labute approximate surface area is 206 Å². The molecule has 2 atom stereocenters. The summed E-state index contributed by atoms with van der Waals surface area (Å²) >= 11 is 6.00. The molecule has 3 aromatic rings. The van der Waals surface area contributed by atoms with E-state index >= 15 is 0 Å². The van der Waals surface area contributed by atoms with Gasteiger partial charge in [-0.1, -0.05) is 41.9 Å². The molecule has 0 unspecified atom stereocenters. The first-order valence-electron chi connectivity index (χ1n) is 11.5. The summed E-state index contributed by atoms with van der Waals surface area (Å²) in [6.45, 7) is -0.745. The van der Waals surface area contributed by atoms with Crippen molar-refractivity contribution in [3.63, 3.8) is 0 Å². The molecule has 1 aromatic heterocycles. The van der Waals surface area contributed by atoms with Gasteiger partial charge in [-0.3, -0.25) is 10.2 Å². The zero-order valence-corrected chi connectivity index (χ0v) is 19.6. The molecular weight excluding hydrogens is 479 g/mol. The van der Waals surface area contributed by atoms with Crippen LogP contribution < -0.4 is 10.6 Å². The quantitative estimate of drug-likeness (QED) is 0.505. The van der Waals surface area contributed by atoms with Gasteiger partial charge in [0.1, 0.15) is 5.82 Å². The molecule has 184 valence electrons. The van der Waals surface area contributed by atoms with Gasteiger partial charge in [-0.15, -0.1) is 0 Å². The predicted molar refractivity (Wildman–Crippen MR) is 128 cm³/mol. The van der Waals surface area contributed by atoms with E-state index in [-0.39, 0.29) is 19.0 Å². The minimum Gasteiger partial charge on any atom is -0.333 e. The fourth-order valence-electron chi connectivity index (χ4n) is 5.05. The van der Waals surface area contributed by atoms with E-state index in [0.717, 1.165) is 41.8 Å². The summed E-state index contributed by atoms with van der Waals surface area (Å²) in [5.41, 5.74) is 3.62. The highest BCUT2D eigenvalue weighted by molar-refractivity contribution is 6.30. The Hall–Kier alpha value is -3.04. The number of rotatable bonds is 5. The van der Waals surface area contributed by atoms with E-state index < -0.39 is 24.8 Å². The average Bonchev–Trinajstić information content (AvgIpc) is 3.50. The summed E-state index contributed by atoms with van der Waals surface area (Å²) in [4.78, 5) is 14.5. The van der Waals surface area contributed by atoms with Gasteiger partial charge < -0.3 is 5.32 Å². The number of para-hydroxylation sites is 1. The Morgan fingerprint density at radius 1 is 1.06 bits per heavy atom. The molecule has 35 heavy (non-hydrogen) atoms. The zero-order chi connectivity index (χ0) is 24.6. The van der Waals surface area contributed by atoms with E-state index in [2.05, 4.69) is 10.6 Å². The molecule has 2 amide bonds. The average molecular weight is 504 g/mol. The van der Waals surface area contributed by atoms with Gasteiger partial charge >= 0.3 is 12.2 Å². The fourth-order valence-corrected chi connectivity index (χ4v) is 5.18. The Morgan fingerprint density at radius 3 is 2.51 bits per heavy atom. The Morgan fingerprint density at radius 2 is 1.80 bits per heavy atom. The number of urea groups is 1. The summed E-state index contributed by atoms with van der Waals surface area (Å²) in [6.07, 6.45) is -1.69. The third-order valence-electron chi connectivity index (χ3n) is 6.55. The molecule has 0 radical (unpaired) electrons. The Balaban J connectivity index is 1.37. The van der Waals surface area contributed by atoms with Crippen molar-refractivity contribution < 1.29 is 18.0 Å². The van der Waals surface area contributed by atoms with Crippen LogP contribution in [0, 0.1) is 0 Å². The molecule has 0 saturated carbocycles. The van der Waals surface area contributed by atoms with Crippen molar-refractivity contribution in [1.29, 1.82) is 0 Å². The first kappa shape index (κ1) is 23.7. The second kappa shape index (κ2) is 9.54. The SMILES string of the molecule is O=C(Nc1c2c(nn1-c1ccccc1)CCC2)N[C@@H]1CN(CC(F)(F)F)C[C@H]1c1ccc(Cl)cc1. The fraction of sp³-hybridized carbons (Fsp3) is 0.360. The van der Waals surface area contributed by atoms with Gasteiger partial charge in [-0.25, -0.2) is 9.48 Å². The van der Waals surface area contributed by atoms with Crippen LogP contribution in [0.4, 0.5) is 23.8 Å². The van der Waals surface area contributed by atoms with E-state index in [1.807, 2.05) is 30.3 Å². The van der Waals surface area contributed by atoms with Crippen LogP contribution in [0.2, 0.25) is 5.02 Å². The minimum absolute atomic E-state index is 0.0935. The molecule has 2 N–H and O–H groups in total. The maximum atomic E-state index is 13.1. The topological polar surface area (TPSA) is 62.2 Å². The molecule has 0 spiro atoms. The summed E-state index contributed by atoms with van der Waals surface area (Å²) in [6, 6.07) is 15.6. The van der Waals surface area contributed by atoms with E-state index in [0.29, 0.717) is 10.8 Å². The van der Waals surface area contributed by atoms with Crippen LogP contribution in [-0.2, 0) is 12.8 Å². The van der Waals surface area contributed by atoms with Gasteiger partial charge in [0.2, 0.25) is 0 Å². The third-order valence-corrected chi connectivity index (χ3v) is 6.80. The number of benzene rings is 2. The number of aromatic nitrogens is 2. The van der Waals surface area contributed by atoms with Crippen molar-refractivity contribution in [2.45, 2.75) is 37.4 Å². The highest BCUT2D eigenvalue weighted by Crippen LogP contribution is 2.33. The maximum absolute atomic E-state index is 13.1. The highest BCUT2D eigenvalue weighted by atomic mass is 35.5. The van der Waals surface area contributed by atoms with E-state index in [4.69, 9.17) is 16.7 Å². The lowest BCUT2D eigenvalue weighted by atomic mass is 9.94. The van der Waals surface area contributed by atoms with E-state index in [9.17, 15) is 18.0 Å². The smallest absolute Gasteiger partial charge is 0.333 e. The Kier molecular flexibility index (Phi) is 6.46. The van der Waals surface area contributed by atoms with Crippen molar-refractivity contribution in [2.24, 2.45) is 0 Å². The largest absolute Gasteiger partial charge is 0.401 e. The minimum atomic E-state index is -4.32. The van der Waals surface area contributed by atoms with Crippen LogP contribution in [-0.4, -0.2) is 52.6 Å². The lowest BCUT2D eigenvalue weighted by Gasteiger charge is -2.21. The molecule has 1 aliphatic carbocycles. The highest BCUT2D eigenvalue weighted by Gasteiger charge is 2.40. The molecule has 2 aliphatic rings. The molecule has 10 heteroatoms. The summed E-state index contributed by atoms with van der Waals surface area (Å²) in [5, 5.41) is 11.1. The van der Waals surface area contributed by atoms with Crippen molar-refractivity contribution in [2.75, 3.05) is 25.0 Å². The molecule has 2 aromatic carbocycles. The lowest BCUT2D eigenvalue weighted by molar-refractivity contribution is -0.143. The predicted octanol–water partition coefficient (Wildman–Crippen LogP) is 5.17. The third kappa shape index (κ3) is 5.31. The maximum Gasteiger partial charge on any atom is 0.401 e. The van der Waals surface area contributed by atoms with Crippen LogP contribution in [0.25, 0.3) is 5.69 Å². The molecule has 1 saturated heterocycles. The van der Waals surface area contributed by atoms with Crippen LogP contribution in [0.5, 0.6) is 0 Å². The number of hydrogen-bond donors (Lipinski definition) is 2. The van der Waals surface area contributed by atoms with Gasteiger partial charge in [-0.2, -0.15) is 18.3 Å². The van der Waals surface area contributed by atoms with Crippen LogP contribution in [0.15, 0.2) is 54.6 Å². The van der Waals surface area contributed by atoms with Crippen molar-refractivity contribution in [1.82, 2.24) is 20.0 Å². The molecular formula is C25H25ClF3N5O. The monoisotopic (exact) mass is 503 g/mol. The molecule has 5 rings (SSSR count).